The van der Waals surface area contributed by atoms with Crippen molar-refractivity contribution >= 4 is 17.6 Å². The number of carbonyl (C=O) groups is 1. The number of hydrogen-bond acceptors (Lipinski definition) is 3. The topological polar surface area (TPSA) is 59.4 Å². The highest BCUT2D eigenvalue weighted by molar-refractivity contribution is 6.30. The summed E-state index contributed by atoms with van der Waals surface area (Å²) in [5.41, 5.74) is 1.89. The van der Waals surface area contributed by atoms with Gasteiger partial charge in [-0.05, 0) is 17.7 Å². The first-order valence-corrected chi connectivity index (χ1v) is 7.16. The Morgan fingerprint density at radius 2 is 2.27 bits per heavy atom. The van der Waals surface area contributed by atoms with E-state index in [4.69, 9.17) is 16.3 Å². The summed E-state index contributed by atoms with van der Waals surface area (Å²) in [6.45, 7) is 0.894. The zero-order valence-electron chi connectivity index (χ0n) is 12.8. The molecule has 22 heavy (non-hydrogen) atoms. The van der Waals surface area contributed by atoms with Gasteiger partial charge >= 0.3 is 6.03 Å². The summed E-state index contributed by atoms with van der Waals surface area (Å²) in [6.07, 6.45) is 3.46. The van der Waals surface area contributed by atoms with Crippen molar-refractivity contribution in [3.05, 3.63) is 46.9 Å². The van der Waals surface area contributed by atoms with E-state index in [0.29, 0.717) is 24.0 Å². The second-order valence-electron chi connectivity index (χ2n) is 4.98. The highest BCUT2D eigenvalue weighted by Crippen LogP contribution is 2.14. The Bertz CT molecular complexity index is 657. The first-order valence-electron chi connectivity index (χ1n) is 6.78. The Morgan fingerprint density at radius 1 is 1.50 bits per heavy atom. The second kappa shape index (κ2) is 7.17. The molecule has 2 amide bonds. The zero-order valence-corrected chi connectivity index (χ0v) is 13.6. The van der Waals surface area contributed by atoms with Gasteiger partial charge in [-0.15, -0.1) is 0 Å². The molecular formula is C15H19ClN4O2. The van der Waals surface area contributed by atoms with E-state index in [1.165, 1.54) is 0 Å². The molecule has 0 saturated carbocycles. The predicted molar refractivity (Wildman–Crippen MR) is 84.9 cm³/mol. The summed E-state index contributed by atoms with van der Waals surface area (Å²) in [5, 5.41) is 3.52. The Labute approximate surface area is 134 Å². The summed E-state index contributed by atoms with van der Waals surface area (Å²) < 4.78 is 6.96. The van der Waals surface area contributed by atoms with E-state index < -0.39 is 0 Å². The number of halogens is 1. The fourth-order valence-corrected chi connectivity index (χ4v) is 2.30. The van der Waals surface area contributed by atoms with E-state index in [-0.39, 0.29) is 6.03 Å². The highest BCUT2D eigenvalue weighted by Gasteiger charge is 2.11. The summed E-state index contributed by atoms with van der Waals surface area (Å²) >= 11 is 5.94. The molecule has 0 aromatic carbocycles. The summed E-state index contributed by atoms with van der Waals surface area (Å²) in [5.74, 6) is 0.526. The van der Waals surface area contributed by atoms with Crippen LogP contribution >= 0.6 is 11.6 Å². The first-order chi connectivity index (χ1) is 10.5. The zero-order chi connectivity index (χ0) is 16.1. The molecule has 0 spiro atoms. The predicted octanol–water partition coefficient (Wildman–Crippen LogP) is 2.42. The quantitative estimate of drug-likeness (QED) is 0.919. The number of aromatic nitrogens is 2. The highest BCUT2D eigenvalue weighted by atomic mass is 35.5. The molecule has 0 radical (unpaired) electrons. The van der Waals surface area contributed by atoms with E-state index in [1.54, 1.807) is 31.3 Å². The van der Waals surface area contributed by atoms with E-state index in [2.05, 4.69) is 10.3 Å². The van der Waals surface area contributed by atoms with Crippen LogP contribution in [0.5, 0.6) is 5.88 Å². The van der Waals surface area contributed by atoms with Crippen LogP contribution in [0.25, 0.3) is 0 Å². The van der Waals surface area contributed by atoms with Crippen molar-refractivity contribution in [2.24, 2.45) is 7.05 Å². The van der Waals surface area contributed by atoms with Crippen molar-refractivity contribution in [3.8, 4) is 5.88 Å². The Kier molecular flexibility index (Phi) is 5.27. The molecule has 2 heterocycles. The minimum absolute atomic E-state index is 0.159. The van der Waals surface area contributed by atoms with Gasteiger partial charge in [-0.2, -0.15) is 0 Å². The van der Waals surface area contributed by atoms with Crippen LogP contribution in [-0.2, 0) is 20.1 Å². The number of nitrogens with zero attached hydrogens (tertiary/aromatic N) is 3. The minimum atomic E-state index is -0.159. The molecule has 118 valence electrons. The van der Waals surface area contributed by atoms with Crippen LogP contribution in [0.3, 0.4) is 0 Å². The van der Waals surface area contributed by atoms with E-state index >= 15 is 0 Å². The van der Waals surface area contributed by atoms with Crippen LogP contribution in [0.15, 0.2) is 30.6 Å². The Balaban J connectivity index is 1.89. The number of ether oxygens (including phenoxy) is 1. The van der Waals surface area contributed by atoms with E-state index in [0.717, 1.165) is 11.3 Å². The van der Waals surface area contributed by atoms with Gasteiger partial charge in [-0.3, -0.25) is 0 Å². The molecule has 0 aliphatic carbocycles. The molecule has 7 heteroatoms. The van der Waals surface area contributed by atoms with Crippen LogP contribution in [0.4, 0.5) is 4.79 Å². The van der Waals surface area contributed by atoms with E-state index in [1.807, 2.05) is 29.9 Å². The largest absolute Gasteiger partial charge is 0.481 e. The Morgan fingerprint density at radius 3 is 2.91 bits per heavy atom. The van der Waals surface area contributed by atoms with Gasteiger partial charge in [-0.1, -0.05) is 11.6 Å². The normalized spacial score (nSPS) is 10.4. The monoisotopic (exact) mass is 322 g/mol. The van der Waals surface area contributed by atoms with Crippen molar-refractivity contribution in [1.29, 1.82) is 0 Å². The first kappa shape index (κ1) is 16.2. The third-order valence-corrected chi connectivity index (χ3v) is 3.48. The molecule has 0 unspecified atom stereocenters. The number of hydrogen-bond donors (Lipinski definition) is 1. The average Bonchev–Trinajstić information content (AvgIpc) is 2.82. The summed E-state index contributed by atoms with van der Waals surface area (Å²) in [6, 6.07) is 5.31. The maximum atomic E-state index is 12.1. The van der Waals surface area contributed by atoms with Gasteiger partial charge in [0.15, 0.2) is 0 Å². The summed E-state index contributed by atoms with van der Waals surface area (Å²) in [4.78, 5) is 17.7. The maximum absolute atomic E-state index is 12.1. The van der Waals surface area contributed by atoms with Crippen molar-refractivity contribution in [2.75, 3.05) is 14.2 Å². The minimum Gasteiger partial charge on any atom is -0.481 e. The number of aryl methyl sites for hydroxylation is 1. The number of amides is 2. The third-order valence-electron chi connectivity index (χ3n) is 3.27. The van der Waals surface area contributed by atoms with Crippen LogP contribution in [0.1, 0.15) is 11.3 Å². The van der Waals surface area contributed by atoms with Gasteiger partial charge in [0.05, 0.1) is 18.7 Å². The number of rotatable bonds is 5. The molecule has 1 N–H and O–H groups in total. The standard InChI is InChI=1S/C15H19ClN4O2/c1-19-9-12(16)7-13(19)10-20(2)15(21)18-8-11-4-5-17-14(6-11)22-3/h4-7,9H,8,10H2,1-3H3,(H,18,21). The number of urea groups is 1. The van der Waals surface area contributed by atoms with Gasteiger partial charge in [0.25, 0.3) is 0 Å². The second-order valence-corrected chi connectivity index (χ2v) is 5.42. The van der Waals surface area contributed by atoms with E-state index in [9.17, 15) is 4.79 Å². The molecule has 0 saturated heterocycles. The lowest BCUT2D eigenvalue weighted by atomic mass is 10.2. The smallest absolute Gasteiger partial charge is 0.317 e. The maximum Gasteiger partial charge on any atom is 0.317 e. The van der Waals surface area contributed by atoms with Gasteiger partial charge in [0.1, 0.15) is 0 Å². The summed E-state index contributed by atoms with van der Waals surface area (Å²) in [7, 11) is 5.20. The van der Waals surface area contributed by atoms with Crippen molar-refractivity contribution in [1.82, 2.24) is 19.8 Å². The molecule has 6 nitrogen and oxygen atoms in total. The van der Waals surface area contributed by atoms with Gasteiger partial charge < -0.3 is 19.5 Å². The molecule has 2 aromatic heterocycles. The van der Waals surface area contributed by atoms with Crippen molar-refractivity contribution < 1.29 is 9.53 Å². The molecule has 0 aliphatic heterocycles. The van der Waals surface area contributed by atoms with Crippen LogP contribution in [0.2, 0.25) is 5.02 Å². The van der Waals surface area contributed by atoms with Crippen molar-refractivity contribution in [2.45, 2.75) is 13.1 Å². The molecule has 0 aliphatic rings. The SMILES string of the molecule is COc1cc(CNC(=O)N(C)Cc2cc(Cl)cn2C)ccn1. The molecule has 0 atom stereocenters. The number of nitrogens with one attached hydrogen (secondary N) is 1. The molecule has 0 bridgehead atoms. The third kappa shape index (κ3) is 4.14. The number of methoxy groups -OCH3 is 1. The van der Waals surface area contributed by atoms with Gasteiger partial charge in [-0.25, -0.2) is 9.78 Å². The Hall–Kier alpha value is -2.21. The fourth-order valence-electron chi connectivity index (χ4n) is 2.02. The van der Waals surface area contributed by atoms with Crippen LogP contribution in [-0.4, -0.2) is 34.6 Å². The number of pyridine rings is 1. The molecule has 2 rings (SSSR count). The molecule has 2 aromatic rings. The van der Waals surface area contributed by atoms with Crippen LogP contribution < -0.4 is 10.1 Å². The van der Waals surface area contributed by atoms with Crippen molar-refractivity contribution in [3.63, 3.8) is 0 Å². The molecular weight excluding hydrogens is 304 g/mol. The van der Waals surface area contributed by atoms with Crippen LogP contribution in [0, 0.1) is 0 Å². The van der Waals surface area contributed by atoms with Gasteiger partial charge in [0.2, 0.25) is 5.88 Å². The number of carbonyl (C=O) groups excluding carboxylic acids is 1. The lowest BCUT2D eigenvalue weighted by Gasteiger charge is -2.18. The molecule has 0 fully saturated rings. The lowest BCUT2D eigenvalue weighted by Crippen LogP contribution is -2.36. The fraction of sp³-hybridized carbons (Fsp3) is 0.333. The lowest BCUT2D eigenvalue weighted by molar-refractivity contribution is 0.205. The van der Waals surface area contributed by atoms with Gasteiger partial charge in [0, 0.05) is 44.8 Å². The average molecular weight is 323 g/mol.